The second kappa shape index (κ2) is 8.51. The zero-order valence-electron chi connectivity index (χ0n) is 14.8. The van der Waals surface area contributed by atoms with Gasteiger partial charge in [-0.25, -0.2) is 4.98 Å². The molecular weight excluding hydrogens is 366 g/mol. The number of aromatic nitrogens is 2. The van der Waals surface area contributed by atoms with Crippen molar-refractivity contribution in [2.45, 2.75) is 31.8 Å². The Balaban J connectivity index is 1.78. The molecule has 2 N–H and O–H groups in total. The van der Waals surface area contributed by atoms with Crippen molar-refractivity contribution in [2.75, 3.05) is 12.3 Å². The number of nitrogens with one attached hydrogen (secondary N) is 2. The summed E-state index contributed by atoms with van der Waals surface area (Å²) >= 11 is 2.70. The van der Waals surface area contributed by atoms with E-state index < -0.39 is 0 Å². The predicted molar refractivity (Wildman–Crippen MR) is 109 cm³/mol. The number of benzene rings is 1. The molecule has 0 saturated carbocycles. The van der Waals surface area contributed by atoms with E-state index in [9.17, 15) is 9.59 Å². The van der Waals surface area contributed by atoms with Gasteiger partial charge in [-0.3, -0.25) is 9.59 Å². The number of hydrogen-bond donors (Lipinski definition) is 2. The standard InChI is InChI=1S/C19H21N3O2S2/c1-3-4-9-20-15(23)11-26-19-21-17(24)16-14(10-25-18(16)22-19)13-7-5-12(2)6-8-13/h5-8,10H,3-4,9,11H2,1-2H3,(H,20,23)(H,21,22,24). The number of unbranched alkanes of at least 4 members (excludes halogenated alkanes) is 1. The first-order valence-corrected chi connectivity index (χ1v) is 10.4. The number of nitrogens with zero attached hydrogens (tertiary/aromatic N) is 1. The molecule has 0 aliphatic heterocycles. The van der Waals surface area contributed by atoms with E-state index in [4.69, 9.17) is 0 Å². The first kappa shape index (κ1) is 18.7. The molecule has 0 aliphatic carbocycles. The minimum Gasteiger partial charge on any atom is -0.355 e. The number of hydrogen-bond acceptors (Lipinski definition) is 5. The summed E-state index contributed by atoms with van der Waals surface area (Å²) in [6.45, 7) is 4.80. The van der Waals surface area contributed by atoms with Crippen LogP contribution in [0, 0.1) is 6.92 Å². The summed E-state index contributed by atoms with van der Waals surface area (Å²) < 4.78 is 0. The molecule has 0 radical (unpaired) electrons. The van der Waals surface area contributed by atoms with Crippen molar-refractivity contribution in [3.05, 3.63) is 45.6 Å². The van der Waals surface area contributed by atoms with Crippen molar-refractivity contribution in [1.82, 2.24) is 15.3 Å². The van der Waals surface area contributed by atoms with Crippen LogP contribution in [0.25, 0.3) is 21.3 Å². The Hall–Kier alpha value is -2.12. The molecule has 136 valence electrons. The molecule has 0 unspecified atom stereocenters. The highest BCUT2D eigenvalue weighted by molar-refractivity contribution is 7.99. The minimum atomic E-state index is -0.166. The van der Waals surface area contributed by atoms with E-state index in [1.165, 1.54) is 28.7 Å². The van der Waals surface area contributed by atoms with Gasteiger partial charge >= 0.3 is 0 Å². The van der Waals surface area contributed by atoms with Gasteiger partial charge in [0.05, 0.1) is 11.1 Å². The second-order valence-electron chi connectivity index (χ2n) is 6.06. The van der Waals surface area contributed by atoms with Crippen LogP contribution in [0.5, 0.6) is 0 Å². The monoisotopic (exact) mass is 387 g/mol. The van der Waals surface area contributed by atoms with Crippen molar-refractivity contribution in [3.8, 4) is 11.1 Å². The molecule has 3 rings (SSSR count). The number of carbonyl (C=O) groups excluding carboxylic acids is 1. The zero-order chi connectivity index (χ0) is 18.5. The average molecular weight is 388 g/mol. The van der Waals surface area contributed by atoms with Crippen LogP contribution in [0.4, 0.5) is 0 Å². The first-order valence-electron chi connectivity index (χ1n) is 8.56. The van der Waals surface area contributed by atoms with Gasteiger partial charge in [0, 0.05) is 17.5 Å². The number of carbonyl (C=O) groups is 1. The van der Waals surface area contributed by atoms with Gasteiger partial charge in [-0.15, -0.1) is 11.3 Å². The number of aromatic amines is 1. The fourth-order valence-corrected chi connectivity index (χ4v) is 4.23. The normalized spacial score (nSPS) is 11.0. The summed E-state index contributed by atoms with van der Waals surface area (Å²) in [5.74, 6) is 0.201. The van der Waals surface area contributed by atoms with E-state index in [0.29, 0.717) is 21.9 Å². The number of amides is 1. The molecule has 7 heteroatoms. The smallest absolute Gasteiger partial charge is 0.260 e. The summed E-state index contributed by atoms with van der Waals surface area (Å²) in [4.78, 5) is 32.4. The minimum absolute atomic E-state index is 0.0438. The fraction of sp³-hybridized carbons (Fsp3) is 0.316. The molecule has 1 aromatic carbocycles. The number of fused-ring (bicyclic) bond motifs is 1. The van der Waals surface area contributed by atoms with Crippen LogP contribution in [-0.2, 0) is 4.79 Å². The van der Waals surface area contributed by atoms with Crippen LogP contribution in [-0.4, -0.2) is 28.2 Å². The quantitative estimate of drug-likeness (QED) is 0.365. The Bertz CT molecular complexity index is 961. The lowest BCUT2D eigenvalue weighted by Crippen LogP contribution is -2.26. The van der Waals surface area contributed by atoms with E-state index in [2.05, 4.69) is 22.2 Å². The maximum atomic E-state index is 12.6. The Morgan fingerprint density at radius 2 is 2.08 bits per heavy atom. The molecule has 5 nitrogen and oxygen atoms in total. The van der Waals surface area contributed by atoms with Crippen LogP contribution in [0.1, 0.15) is 25.3 Å². The molecule has 2 aromatic heterocycles. The summed E-state index contributed by atoms with van der Waals surface area (Å²) in [6.07, 6.45) is 2.01. The molecular formula is C19H21N3O2S2. The molecule has 0 saturated heterocycles. The molecule has 0 aliphatic rings. The maximum absolute atomic E-state index is 12.6. The Morgan fingerprint density at radius 1 is 1.31 bits per heavy atom. The topological polar surface area (TPSA) is 74.8 Å². The maximum Gasteiger partial charge on any atom is 0.260 e. The van der Waals surface area contributed by atoms with Gasteiger partial charge in [0.25, 0.3) is 5.56 Å². The van der Waals surface area contributed by atoms with Gasteiger partial charge in [0.2, 0.25) is 5.91 Å². The third-order valence-electron chi connectivity index (χ3n) is 3.98. The Labute approximate surface area is 160 Å². The van der Waals surface area contributed by atoms with Gasteiger partial charge in [-0.2, -0.15) is 0 Å². The summed E-state index contributed by atoms with van der Waals surface area (Å²) in [5.41, 5.74) is 2.91. The number of thiophene rings is 1. The van der Waals surface area contributed by atoms with Crippen molar-refractivity contribution >= 4 is 39.2 Å². The van der Waals surface area contributed by atoms with Crippen LogP contribution < -0.4 is 10.9 Å². The summed E-state index contributed by atoms with van der Waals surface area (Å²) in [5, 5.41) is 5.90. The Kier molecular flexibility index (Phi) is 6.11. The highest BCUT2D eigenvalue weighted by Crippen LogP contribution is 2.31. The lowest BCUT2D eigenvalue weighted by Gasteiger charge is -2.04. The van der Waals surface area contributed by atoms with E-state index in [-0.39, 0.29) is 17.2 Å². The van der Waals surface area contributed by atoms with Gasteiger partial charge < -0.3 is 10.3 Å². The van der Waals surface area contributed by atoms with E-state index in [0.717, 1.165) is 24.0 Å². The lowest BCUT2D eigenvalue weighted by atomic mass is 10.1. The van der Waals surface area contributed by atoms with Crippen molar-refractivity contribution in [1.29, 1.82) is 0 Å². The molecule has 26 heavy (non-hydrogen) atoms. The number of aryl methyl sites for hydroxylation is 1. The predicted octanol–water partition coefficient (Wildman–Crippen LogP) is 3.97. The van der Waals surface area contributed by atoms with Crippen molar-refractivity contribution < 1.29 is 4.79 Å². The second-order valence-corrected chi connectivity index (χ2v) is 7.88. The molecule has 0 atom stereocenters. The highest BCUT2D eigenvalue weighted by Gasteiger charge is 2.13. The van der Waals surface area contributed by atoms with Gasteiger partial charge in [-0.1, -0.05) is 54.9 Å². The molecule has 3 aromatic rings. The molecule has 0 bridgehead atoms. The number of thioether (sulfide) groups is 1. The summed E-state index contributed by atoms with van der Waals surface area (Å²) in [6, 6.07) is 8.09. The number of rotatable bonds is 7. The fourth-order valence-electron chi connectivity index (χ4n) is 2.53. The average Bonchev–Trinajstić information content (AvgIpc) is 3.05. The van der Waals surface area contributed by atoms with Gasteiger partial charge in [-0.05, 0) is 18.9 Å². The van der Waals surface area contributed by atoms with Crippen molar-refractivity contribution in [2.24, 2.45) is 0 Å². The van der Waals surface area contributed by atoms with E-state index >= 15 is 0 Å². The molecule has 0 spiro atoms. The van der Waals surface area contributed by atoms with Crippen LogP contribution in [0.2, 0.25) is 0 Å². The Morgan fingerprint density at radius 3 is 2.81 bits per heavy atom. The van der Waals surface area contributed by atoms with E-state index in [1.54, 1.807) is 0 Å². The number of H-pyrrole nitrogens is 1. The van der Waals surface area contributed by atoms with Gasteiger partial charge in [0.15, 0.2) is 5.16 Å². The highest BCUT2D eigenvalue weighted by atomic mass is 32.2. The third kappa shape index (κ3) is 4.34. The third-order valence-corrected chi connectivity index (χ3v) is 5.72. The molecule has 0 fully saturated rings. The first-order chi connectivity index (χ1) is 12.6. The van der Waals surface area contributed by atoms with Crippen molar-refractivity contribution in [3.63, 3.8) is 0 Å². The molecule has 1 amide bonds. The zero-order valence-corrected chi connectivity index (χ0v) is 16.4. The van der Waals surface area contributed by atoms with E-state index in [1.807, 2.05) is 36.6 Å². The van der Waals surface area contributed by atoms with Crippen LogP contribution >= 0.6 is 23.1 Å². The SMILES string of the molecule is CCCCNC(=O)CSc1nc2scc(-c3ccc(C)cc3)c2c(=O)[nH]1. The van der Waals surface area contributed by atoms with Crippen LogP contribution in [0.15, 0.2) is 39.6 Å². The summed E-state index contributed by atoms with van der Waals surface area (Å²) in [7, 11) is 0. The largest absolute Gasteiger partial charge is 0.355 e. The molecule has 2 heterocycles. The van der Waals surface area contributed by atoms with Crippen LogP contribution in [0.3, 0.4) is 0 Å². The lowest BCUT2D eigenvalue weighted by molar-refractivity contribution is -0.118. The van der Waals surface area contributed by atoms with Gasteiger partial charge in [0.1, 0.15) is 4.83 Å².